The van der Waals surface area contributed by atoms with E-state index in [1.807, 2.05) is 24.3 Å². The van der Waals surface area contributed by atoms with Gasteiger partial charge in [0.1, 0.15) is 0 Å². The minimum atomic E-state index is -0.305. The molecule has 1 N–H and O–H groups in total. The van der Waals surface area contributed by atoms with Crippen LogP contribution in [0.1, 0.15) is 33.2 Å². The Hall–Kier alpha value is -2.69. The maximum Gasteiger partial charge on any atom is 0.264 e. The van der Waals surface area contributed by atoms with E-state index in [1.165, 1.54) is 22.9 Å². The van der Waals surface area contributed by atoms with Gasteiger partial charge in [-0.3, -0.25) is 19.5 Å². The SMILES string of the molecule is CCc1ccc(NCN2C(=O)c3ccncc3C2=O)cc1. The largest absolute Gasteiger partial charge is 0.367 e. The summed E-state index contributed by atoms with van der Waals surface area (Å²) in [6.07, 6.45) is 3.93. The lowest BCUT2D eigenvalue weighted by Gasteiger charge is -2.15. The molecule has 2 heterocycles. The van der Waals surface area contributed by atoms with Crippen molar-refractivity contribution in [3.63, 3.8) is 0 Å². The minimum Gasteiger partial charge on any atom is -0.367 e. The van der Waals surface area contributed by atoms with E-state index in [9.17, 15) is 9.59 Å². The molecule has 0 fully saturated rings. The Morgan fingerprint density at radius 1 is 1.05 bits per heavy atom. The molecule has 1 aromatic carbocycles. The van der Waals surface area contributed by atoms with Crippen molar-refractivity contribution < 1.29 is 9.59 Å². The van der Waals surface area contributed by atoms with Gasteiger partial charge in [-0.25, -0.2) is 0 Å². The lowest BCUT2D eigenvalue weighted by atomic mass is 10.1. The fourth-order valence-electron chi connectivity index (χ4n) is 2.31. The third-order valence-corrected chi connectivity index (χ3v) is 3.58. The molecule has 5 heteroatoms. The van der Waals surface area contributed by atoms with Crippen LogP contribution in [0.3, 0.4) is 0 Å². The molecule has 2 aromatic rings. The minimum absolute atomic E-state index is 0.151. The normalized spacial score (nSPS) is 13.5. The van der Waals surface area contributed by atoms with Crippen LogP contribution < -0.4 is 5.32 Å². The standard InChI is InChI=1S/C16H15N3O2/c1-2-11-3-5-12(6-4-11)18-10-19-15(20)13-7-8-17-9-14(13)16(19)21/h3-9,18H,2,10H2,1H3. The van der Waals surface area contributed by atoms with E-state index in [-0.39, 0.29) is 18.5 Å². The first kappa shape index (κ1) is 13.3. The van der Waals surface area contributed by atoms with Crippen molar-refractivity contribution in [3.05, 3.63) is 59.4 Å². The summed E-state index contributed by atoms with van der Waals surface area (Å²) >= 11 is 0. The third kappa shape index (κ3) is 2.38. The van der Waals surface area contributed by atoms with Crippen molar-refractivity contribution in [1.82, 2.24) is 9.88 Å². The van der Waals surface area contributed by atoms with E-state index in [1.54, 1.807) is 6.07 Å². The summed E-state index contributed by atoms with van der Waals surface area (Å²) in [5, 5.41) is 3.10. The zero-order valence-electron chi connectivity index (χ0n) is 11.7. The lowest BCUT2D eigenvalue weighted by molar-refractivity contribution is 0.0666. The van der Waals surface area contributed by atoms with Crippen LogP contribution in [0.5, 0.6) is 0 Å². The van der Waals surface area contributed by atoms with Crippen molar-refractivity contribution in [1.29, 1.82) is 0 Å². The number of benzene rings is 1. The number of nitrogens with one attached hydrogen (secondary N) is 1. The quantitative estimate of drug-likeness (QED) is 0.874. The highest BCUT2D eigenvalue weighted by molar-refractivity contribution is 6.21. The second kappa shape index (κ2) is 5.36. The van der Waals surface area contributed by atoms with Crippen LogP contribution in [0.25, 0.3) is 0 Å². The average Bonchev–Trinajstić information content (AvgIpc) is 2.78. The fraction of sp³-hybridized carbons (Fsp3) is 0.188. The van der Waals surface area contributed by atoms with Gasteiger partial charge in [0.05, 0.1) is 17.8 Å². The first-order valence-corrected chi connectivity index (χ1v) is 6.83. The van der Waals surface area contributed by atoms with Crippen molar-refractivity contribution in [2.24, 2.45) is 0 Å². The molecule has 0 spiro atoms. The van der Waals surface area contributed by atoms with Crippen LogP contribution in [0, 0.1) is 0 Å². The molecule has 0 saturated carbocycles. The molecule has 0 bridgehead atoms. The van der Waals surface area contributed by atoms with Gasteiger partial charge in [-0.05, 0) is 30.2 Å². The van der Waals surface area contributed by atoms with E-state index in [0.29, 0.717) is 11.1 Å². The summed E-state index contributed by atoms with van der Waals surface area (Å²) < 4.78 is 0. The van der Waals surface area contributed by atoms with Crippen LogP contribution >= 0.6 is 0 Å². The number of amides is 2. The summed E-state index contributed by atoms with van der Waals surface area (Å²) in [5.41, 5.74) is 2.90. The smallest absolute Gasteiger partial charge is 0.264 e. The summed E-state index contributed by atoms with van der Waals surface area (Å²) in [5.74, 6) is -0.587. The highest BCUT2D eigenvalue weighted by Crippen LogP contribution is 2.21. The molecular formula is C16H15N3O2. The Labute approximate surface area is 122 Å². The molecule has 1 aromatic heterocycles. The molecule has 1 aliphatic heterocycles. The molecule has 1 aliphatic rings. The van der Waals surface area contributed by atoms with Crippen molar-refractivity contribution >= 4 is 17.5 Å². The van der Waals surface area contributed by atoms with Crippen LogP contribution in [0.4, 0.5) is 5.69 Å². The number of nitrogens with zero attached hydrogens (tertiary/aromatic N) is 2. The molecule has 0 unspecified atom stereocenters. The van der Waals surface area contributed by atoms with Crippen LogP contribution in [0.15, 0.2) is 42.7 Å². The number of aromatic nitrogens is 1. The number of aryl methyl sites for hydroxylation is 1. The Balaban J connectivity index is 1.72. The van der Waals surface area contributed by atoms with Gasteiger partial charge in [0.15, 0.2) is 0 Å². The van der Waals surface area contributed by atoms with Crippen molar-refractivity contribution in [2.75, 3.05) is 12.0 Å². The van der Waals surface area contributed by atoms with E-state index in [2.05, 4.69) is 17.2 Å². The Morgan fingerprint density at radius 2 is 1.76 bits per heavy atom. The van der Waals surface area contributed by atoms with Gasteiger partial charge in [0, 0.05) is 18.1 Å². The Kier molecular flexibility index (Phi) is 3.39. The predicted molar refractivity (Wildman–Crippen MR) is 79.0 cm³/mol. The summed E-state index contributed by atoms with van der Waals surface area (Å²) in [4.78, 5) is 29.4. The molecule has 21 heavy (non-hydrogen) atoms. The van der Waals surface area contributed by atoms with Gasteiger partial charge < -0.3 is 5.32 Å². The number of hydrogen-bond acceptors (Lipinski definition) is 4. The molecule has 3 rings (SSSR count). The number of hydrogen-bond donors (Lipinski definition) is 1. The second-order valence-electron chi connectivity index (χ2n) is 4.84. The predicted octanol–water partition coefficient (Wildman–Crippen LogP) is 2.31. The molecule has 0 atom stereocenters. The summed E-state index contributed by atoms with van der Waals surface area (Å²) in [6, 6.07) is 9.51. The third-order valence-electron chi connectivity index (χ3n) is 3.58. The average molecular weight is 281 g/mol. The van der Waals surface area contributed by atoms with Gasteiger partial charge in [-0.15, -0.1) is 0 Å². The van der Waals surface area contributed by atoms with Gasteiger partial charge in [-0.1, -0.05) is 19.1 Å². The number of anilines is 1. The van der Waals surface area contributed by atoms with Crippen molar-refractivity contribution in [3.8, 4) is 0 Å². The first-order chi connectivity index (χ1) is 10.2. The van der Waals surface area contributed by atoms with E-state index >= 15 is 0 Å². The number of rotatable bonds is 4. The summed E-state index contributed by atoms with van der Waals surface area (Å²) in [7, 11) is 0. The molecule has 5 nitrogen and oxygen atoms in total. The maximum absolute atomic E-state index is 12.2. The topological polar surface area (TPSA) is 62.3 Å². The van der Waals surface area contributed by atoms with Crippen LogP contribution in [-0.2, 0) is 6.42 Å². The highest BCUT2D eigenvalue weighted by Gasteiger charge is 2.35. The molecule has 106 valence electrons. The number of pyridine rings is 1. The van der Waals surface area contributed by atoms with Gasteiger partial charge in [-0.2, -0.15) is 0 Å². The molecule has 0 saturated heterocycles. The van der Waals surface area contributed by atoms with Crippen LogP contribution in [-0.4, -0.2) is 28.4 Å². The van der Waals surface area contributed by atoms with Gasteiger partial charge >= 0.3 is 0 Å². The number of fused-ring (bicyclic) bond motifs is 1. The zero-order chi connectivity index (χ0) is 14.8. The van der Waals surface area contributed by atoms with Crippen LogP contribution in [0.2, 0.25) is 0 Å². The number of carbonyl (C=O) groups excluding carboxylic acids is 2. The summed E-state index contributed by atoms with van der Waals surface area (Å²) in [6.45, 7) is 2.24. The fourth-order valence-corrected chi connectivity index (χ4v) is 2.31. The first-order valence-electron chi connectivity index (χ1n) is 6.83. The van der Waals surface area contributed by atoms with E-state index in [0.717, 1.165) is 12.1 Å². The monoisotopic (exact) mass is 281 g/mol. The Morgan fingerprint density at radius 3 is 2.43 bits per heavy atom. The number of carbonyl (C=O) groups is 2. The van der Waals surface area contributed by atoms with Crippen molar-refractivity contribution in [2.45, 2.75) is 13.3 Å². The maximum atomic E-state index is 12.2. The Bertz CT molecular complexity index is 660. The second-order valence-corrected chi connectivity index (χ2v) is 4.84. The van der Waals surface area contributed by atoms with E-state index in [4.69, 9.17) is 0 Å². The van der Waals surface area contributed by atoms with Gasteiger partial charge in [0.25, 0.3) is 11.8 Å². The molecule has 2 amide bonds. The molecular weight excluding hydrogens is 266 g/mol. The van der Waals surface area contributed by atoms with E-state index < -0.39 is 0 Å². The molecule has 0 radical (unpaired) electrons. The number of imide groups is 1. The van der Waals surface area contributed by atoms with Gasteiger partial charge in [0.2, 0.25) is 0 Å². The lowest BCUT2D eigenvalue weighted by Crippen LogP contribution is -2.34. The highest BCUT2D eigenvalue weighted by atomic mass is 16.2. The zero-order valence-corrected chi connectivity index (χ0v) is 11.7. The molecule has 0 aliphatic carbocycles.